The van der Waals surface area contributed by atoms with E-state index < -0.39 is 77.4 Å². The van der Waals surface area contributed by atoms with E-state index in [-0.39, 0.29) is 24.3 Å². The zero-order chi connectivity index (χ0) is 27.2. The van der Waals surface area contributed by atoms with Gasteiger partial charge in [-0.05, 0) is 30.7 Å². The second-order valence-electron chi connectivity index (χ2n) is 8.85. The molecule has 0 unspecified atom stereocenters. The van der Waals surface area contributed by atoms with Crippen LogP contribution >= 0.6 is 0 Å². The molecule has 5 rings (SSSR count). The first-order chi connectivity index (χ1) is 18.1. The molecule has 38 heavy (non-hydrogen) atoms. The van der Waals surface area contributed by atoms with Gasteiger partial charge < -0.3 is 24.4 Å². The number of aromatic nitrogens is 3. The summed E-state index contributed by atoms with van der Waals surface area (Å²) in [5.41, 5.74) is -1.05. The van der Waals surface area contributed by atoms with Gasteiger partial charge in [0.15, 0.2) is 35.2 Å². The van der Waals surface area contributed by atoms with E-state index in [0.717, 1.165) is 29.1 Å². The highest BCUT2D eigenvalue weighted by molar-refractivity contribution is 5.89. The Kier molecular flexibility index (Phi) is 6.90. The molecule has 0 amide bonds. The molecule has 14 heteroatoms. The number of rotatable bonds is 5. The van der Waals surface area contributed by atoms with Gasteiger partial charge in [-0.15, -0.1) is 5.10 Å². The summed E-state index contributed by atoms with van der Waals surface area (Å²) in [5.74, 6) is -10.4. The standard InChI is InChI=1S/C24H20F5N3O6/c25-13-4-1-3-12(18(13)28)23(35)37-22-20(21(34)17(10-33)38-24(22)5-2-6-36-24)32-9-16(30-31-32)11-7-14(26)19(29)15(27)8-11/h1,3-4,7-9,17,20-22,33-34H,2,5-6,10H2/t17-,20+,21+,22-,24+/m1/s1. The molecule has 1 aromatic heterocycles. The highest BCUT2D eigenvalue weighted by atomic mass is 19.2. The van der Waals surface area contributed by atoms with Crippen LogP contribution in [0.4, 0.5) is 22.0 Å². The van der Waals surface area contributed by atoms with Gasteiger partial charge >= 0.3 is 5.97 Å². The molecule has 9 nitrogen and oxygen atoms in total. The van der Waals surface area contributed by atoms with Crippen LogP contribution in [-0.2, 0) is 14.2 Å². The lowest BCUT2D eigenvalue weighted by molar-refractivity contribution is -0.337. The number of aliphatic hydroxyl groups excluding tert-OH is 2. The van der Waals surface area contributed by atoms with Crippen molar-refractivity contribution in [1.82, 2.24) is 15.0 Å². The summed E-state index contributed by atoms with van der Waals surface area (Å²) >= 11 is 0. The smallest absolute Gasteiger partial charge is 0.341 e. The Labute approximate surface area is 211 Å². The summed E-state index contributed by atoms with van der Waals surface area (Å²) in [7, 11) is 0. The molecule has 0 bridgehead atoms. The summed E-state index contributed by atoms with van der Waals surface area (Å²) in [6.07, 6.45) is -2.69. The topological polar surface area (TPSA) is 116 Å². The Balaban J connectivity index is 1.56. The molecule has 1 spiro atoms. The average molecular weight is 541 g/mol. The van der Waals surface area contributed by atoms with E-state index in [1.54, 1.807) is 0 Å². The number of carbonyl (C=O) groups is 1. The zero-order valence-electron chi connectivity index (χ0n) is 19.4. The average Bonchev–Trinajstić information content (AvgIpc) is 3.57. The molecule has 2 aliphatic heterocycles. The number of halogens is 5. The highest BCUT2D eigenvalue weighted by Crippen LogP contribution is 2.45. The van der Waals surface area contributed by atoms with Gasteiger partial charge in [0.05, 0.1) is 25.0 Å². The second-order valence-corrected chi connectivity index (χ2v) is 8.85. The van der Waals surface area contributed by atoms with Crippen LogP contribution in [0.1, 0.15) is 29.2 Å². The van der Waals surface area contributed by atoms with Crippen LogP contribution in [0, 0.1) is 29.1 Å². The summed E-state index contributed by atoms with van der Waals surface area (Å²) in [4.78, 5) is 13.0. The molecule has 202 valence electrons. The van der Waals surface area contributed by atoms with Crippen LogP contribution < -0.4 is 0 Å². The fourth-order valence-corrected chi connectivity index (χ4v) is 4.70. The molecule has 5 atom stereocenters. The van der Waals surface area contributed by atoms with Gasteiger partial charge in [-0.3, -0.25) is 0 Å². The Morgan fingerprint density at radius 3 is 2.53 bits per heavy atom. The van der Waals surface area contributed by atoms with Crippen LogP contribution in [-0.4, -0.2) is 68.5 Å². The molecule has 2 aliphatic rings. The fraction of sp³-hybridized carbons (Fsp3) is 0.375. The lowest BCUT2D eigenvalue weighted by Crippen LogP contribution is -2.63. The summed E-state index contributed by atoms with van der Waals surface area (Å²) in [6, 6.07) is 2.92. The van der Waals surface area contributed by atoms with Crippen molar-refractivity contribution in [2.75, 3.05) is 13.2 Å². The van der Waals surface area contributed by atoms with Crippen LogP contribution in [0.15, 0.2) is 36.5 Å². The van der Waals surface area contributed by atoms with Gasteiger partial charge in [-0.1, -0.05) is 11.3 Å². The van der Waals surface area contributed by atoms with E-state index in [4.69, 9.17) is 14.2 Å². The predicted molar refractivity (Wildman–Crippen MR) is 116 cm³/mol. The molecule has 2 saturated heterocycles. The SMILES string of the molecule is O=C(O[C@@H]1[C@@H](n2cc(-c3cc(F)c(F)c(F)c3)nn2)[C@@H](O)[C@@H](CO)O[C@@]12CCCO2)c1cccc(F)c1F. The molecule has 0 aliphatic carbocycles. The van der Waals surface area contributed by atoms with Gasteiger partial charge in [-0.2, -0.15) is 0 Å². The number of ether oxygens (including phenoxy) is 3. The number of nitrogens with zero attached hydrogens (tertiary/aromatic N) is 3. The molecule has 2 fully saturated rings. The van der Waals surface area contributed by atoms with Crippen molar-refractivity contribution in [3.63, 3.8) is 0 Å². The number of esters is 1. The molecular weight excluding hydrogens is 521 g/mol. The first-order valence-electron chi connectivity index (χ1n) is 11.5. The normalized spacial score (nSPS) is 27.1. The zero-order valence-corrected chi connectivity index (χ0v) is 19.4. The number of hydrogen-bond donors (Lipinski definition) is 2. The van der Waals surface area contributed by atoms with Crippen molar-refractivity contribution < 1.29 is 51.2 Å². The van der Waals surface area contributed by atoms with E-state index in [1.165, 1.54) is 0 Å². The van der Waals surface area contributed by atoms with Crippen LogP contribution in [0.5, 0.6) is 0 Å². The molecule has 3 heterocycles. The van der Waals surface area contributed by atoms with Crippen LogP contribution in [0.3, 0.4) is 0 Å². The van der Waals surface area contributed by atoms with E-state index in [9.17, 15) is 37.0 Å². The largest absolute Gasteiger partial charge is 0.451 e. The quantitative estimate of drug-likeness (QED) is 0.288. The number of benzene rings is 2. The third-order valence-electron chi connectivity index (χ3n) is 6.52. The third kappa shape index (κ3) is 4.42. The predicted octanol–water partition coefficient (Wildman–Crippen LogP) is 2.67. The molecule has 2 N–H and O–H groups in total. The fourth-order valence-electron chi connectivity index (χ4n) is 4.70. The molecule has 0 saturated carbocycles. The van der Waals surface area contributed by atoms with Gasteiger partial charge in [0, 0.05) is 12.0 Å². The van der Waals surface area contributed by atoms with Gasteiger partial charge in [-0.25, -0.2) is 31.4 Å². The van der Waals surface area contributed by atoms with E-state index in [2.05, 4.69) is 10.3 Å². The number of hydrogen-bond acceptors (Lipinski definition) is 8. The summed E-state index contributed by atoms with van der Waals surface area (Å²) < 4.78 is 87.2. The van der Waals surface area contributed by atoms with Crippen molar-refractivity contribution in [1.29, 1.82) is 0 Å². The maximum atomic E-state index is 14.3. The van der Waals surface area contributed by atoms with Crippen molar-refractivity contribution in [3.8, 4) is 11.3 Å². The molecule has 0 radical (unpaired) electrons. The van der Waals surface area contributed by atoms with Gasteiger partial charge in [0.25, 0.3) is 0 Å². The molecule has 2 aromatic carbocycles. The van der Waals surface area contributed by atoms with Crippen molar-refractivity contribution in [2.45, 2.75) is 43.0 Å². The van der Waals surface area contributed by atoms with Gasteiger partial charge in [0.2, 0.25) is 5.79 Å². The number of aliphatic hydroxyl groups is 2. The van der Waals surface area contributed by atoms with Gasteiger partial charge in [0.1, 0.15) is 23.9 Å². The monoisotopic (exact) mass is 541 g/mol. The third-order valence-corrected chi connectivity index (χ3v) is 6.52. The van der Waals surface area contributed by atoms with E-state index >= 15 is 0 Å². The first-order valence-corrected chi connectivity index (χ1v) is 11.5. The minimum Gasteiger partial charge on any atom is -0.451 e. The highest BCUT2D eigenvalue weighted by Gasteiger charge is 2.60. The van der Waals surface area contributed by atoms with Crippen molar-refractivity contribution in [3.05, 3.63) is 71.2 Å². The molecule has 3 aromatic rings. The van der Waals surface area contributed by atoms with Crippen LogP contribution in [0.25, 0.3) is 11.3 Å². The number of carbonyl (C=O) groups excluding carboxylic acids is 1. The minimum atomic E-state index is -1.71. The van der Waals surface area contributed by atoms with E-state index in [1.807, 2.05) is 0 Å². The lowest BCUT2D eigenvalue weighted by atomic mass is 9.88. The van der Waals surface area contributed by atoms with E-state index in [0.29, 0.717) is 18.6 Å². The summed E-state index contributed by atoms with van der Waals surface area (Å²) in [5, 5.41) is 28.6. The van der Waals surface area contributed by atoms with Crippen molar-refractivity contribution >= 4 is 5.97 Å². The van der Waals surface area contributed by atoms with Crippen molar-refractivity contribution in [2.24, 2.45) is 0 Å². The summed E-state index contributed by atoms with van der Waals surface area (Å²) in [6.45, 7) is -0.530. The van der Waals surface area contributed by atoms with Crippen LogP contribution in [0.2, 0.25) is 0 Å². The maximum Gasteiger partial charge on any atom is 0.341 e. The Morgan fingerprint density at radius 1 is 1.13 bits per heavy atom. The molecular formula is C24H20F5N3O6. The Bertz CT molecular complexity index is 1340. The Hall–Kier alpha value is -3.46. The minimum absolute atomic E-state index is 0.131. The Morgan fingerprint density at radius 2 is 1.87 bits per heavy atom. The maximum absolute atomic E-state index is 14.3. The second kappa shape index (κ2) is 10.0. The first kappa shape index (κ1) is 26.2. The lowest BCUT2D eigenvalue weighted by Gasteiger charge is -2.48.